The fourth-order valence-corrected chi connectivity index (χ4v) is 4.25. The highest BCUT2D eigenvalue weighted by molar-refractivity contribution is 7.99. The van der Waals surface area contributed by atoms with Crippen molar-refractivity contribution in [2.45, 2.75) is 23.8 Å². The number of thioether (sulfide) groups is 1. The Hall–Kier alpha value is -2.84. The van der Waals surface area contributed by atoms with Crippen LogP contribution in [0.1, 0.15) is 29.2 Å². The maximum absolute atomic E-state index is 15.2. The maximum atomic E-state index is 15.2. The van der Waals surface area contributed by atoms with Gasteiger partial charge in [0.2, 0.25) is 5.43 Å². The van der Waals surface area contributed by atoms with E-state index >= 15 is 4.39 Å². The molecule has 0 amide bonds. The number of hydrogen-bond donors (Lipinski definition) is 2. The average Bonchev–Trinajstić information content (AvgIpc) is 3.57. The highest BCUT2D eigenvalue weighted by atomic mass is 32.2. The molecule has 6 nitrogen and oxygen atoms in total. The predicted molar refractivity (Wildman–Crippen MR) is 113 cm³/mol. The number of carboxylic acid groups (broad SMARTS) is 1. The zero-order chi connectivity index (χ0) is 21.4. The summed E-state index contributed by atoms with van der Waals surface area (Å²) < 4.78 is 22.5. The molecule has 1 heterocycles. The molecule has 2 N–H and O–H groups in total. The largest absolute Gasteiger partial charge is 0.494 e. The van der Waals surface area contributed by atoms with Gasteiger partial charge in [0.1, 0.15) is 11.4 Å². The minimum Gasteiger partial charge on any atom is -0.494 e. The Morgan fingerprint density at radius 3 is 2.57 bits per heavy atom. The minimum absolute atomic E-state index is 0.00461. The molecule has 2 aromatic carbocycles. The van der Waals surface area contributed by atoms with Crippen molar-refractivity contribution in [3.63, 3.8) is 0 Å². The average molecular weight is 429 g/mol. The first-order valence-corrected chi connectivity index (χ1v) is 10.5. The first-order valence-electron chi connectivity index (χ1n) is 9.49. The summed E-state index contributed by atoms with van der Waals surface area (Å²) in [6.07, 6.45) is 3.04. The fourth-order valence-electron chi connectivity index (χ4n) is 3.60. The number of nitrogens with zero attached hydrogens (tertiary/aromatic N) is 1. The summed E-state index contributed by atoms with van der Waals surface area (Å²) in [5.74, 6) is -1.22. The SMILES string of the molecule is COc1c(-c2ccc(SCCO)cc2)c(F)cc2c(=O)c(C(=O)O)cn(C3CC3)c12. The molecule has 0 unspecified atom stereocenters. The first-order chi connectivity index (χ1) is 14.5. The number of aliphatic hydroxyl groups is 1. The van der Waals surface area contributed by atoms with Crippen molar-refractivity contribution in [2.24, 2.45) is 0 Å². The maximum Gasteiger partial charge on any atom is 0.341 e. The molecule has 1 aliphatic rings. The lowest BCUT2D eigenvalue weighted by molar-refractivity contribution is 0.0694. The second-order valence-electron chi connectivity index (χ2n) is 7.07. The molecule has 0 aliphatic heterocycles. The number of pyridine rings is 1. The number of ether oxygens (including phenoxy) is 1. The molecular formula is C22H20FNO5S. The number of aromatic carboxylic acids is 1. The summed E-state index contributed by atoms with van der Waals surface area (Å²) in [6, 6.07) is 8.35. The van der Waals surface area contributed by atoms with E-state index < -0.39 is 17.2 Å². The van der Waals surface area contributed by atoms with E-state index in [-0.39, 0.29) is 34.9 Å². The second kappa shape index (κ2) is 8.12. The number of carboxylic acids is 1. The van der Waals surface area contributed by atoms with Crippen LogP contribution in [-0.4, -0.2) is 40.2 Å². The summed E-state index contributed by atoms with van der Waals surface area (Å²) in [6.45, 7) is 0.0660. The van der Waals surface area contributed by atoms with Gasteiger partial charge in [-0.2, -0.15) is 0 Å². The number of aromatic nitrogens is 1. The molecule has 4 rings (SSSR count). The van der Waals surface area contributed by atoms with E-state index in [1.165, 1.54) is 25.1 Å². The van der Waals surface area contributed by atoms with Crippen LogP contribution in [0.15, 0.2) is 46.2 Å². The molecule has 0 radical (unpaired) electrons. The Balaban J connectivity index is 1.97. The Morgan fingerprint density at radius 1 is 1.30 bits per heavy atom. The second-order valence-corrected chi connectivity index (χ2v) is 8.24. The molecule has 0 bridgehead atoms. The number of hydrogen-bond acceptors (Lipinski definition) is 5. The van der Waals surface area contributed by atoms with Crippen LogP contribution in [-0.2, 0) is 0 Å². The number of carbonyl (C=O) groups is 1. The van der Waals surface area contributed by atoms with Crippen LogP contribution in [0.2, 0.25) is 0 Å². The molecule has 1 aliphatic carbocycles. The van der Waals surface area contributed by atoms with E-state index in [1.807, 2.05) is 12.1 Å². The van der Waals surface area contributed by atoms with Crippen molar-refractivity contribution < 1.29 is 24.1 Å². The number of halogens is 1. The van der Waals surface area contributed by atoms with Crippen LogP contribution in [0.5, 0.6) is 5.75 Å². The van der Waals surface area contributed by atoms with Crippen molar-refractivity contribution in [3.05, 3.63) is 58.1 Å². The van der Waals surface area contributed by atoms with Crippen molar-refractivity contribution >= 4 is 28.6 Å². The van der Waals surface area contributed by atoms with Gasteiger partial charge in [-0.15, -0.1) is 11.8 Å². The van der Waals surface area contributed by atoms with Gasteiger partial charge in [0.15, 0.2) is 5.75 Å². The van der Waals surface area contributed by atoms with E-state index in [9.17, 15) is 14.7 Å². The van der Waals surface area contributed by atoms with Gasteiger partial charge in [-0.3, -0.25) is 4.79 Å². The summed E-state index contributed by atoms with van der Waals surface area (Å²) in [5, 5.41) is 18.4. The van der Waals surface area contributed by atoms with Gasteiger partial charge in [-0.25, -0.2) is 9.18 Å². The minimum atomic E-state index is -1.34. The lowest BCUT2D eigenvalue weighted by Crippen LogP contribution is -2.19. The number of fused-ring (bicyclic) bond motifs is 1. The topological polar surface area (TPSA) is 88.8 Å². The monoisotopic (exact) mass is 429 g/mol. The summed E-state index contributed by atoms with van der Waals surface area (Å²) in [5.41, 5.74) is 0.102. The summed E-state index contributed by atoms with van der Waals surface area (Å²) in [7, 11) is 1.41. The lowest BCUT2D eigenvalue weighted by Gasteiger charge is -2.18. The highest BCUT2D eigenvalue weighted by Crippen LogP contribution is 2.43. The van der Waals surface area contributed by atoms with E-state index in [4.69, 9.17) is 9.84 Å². The zero-order valence-electron chi connectivity index (χ0n) is 16.2. The van der Waals surface area contributed by atoms with Crippen LogP contribution in [0, 0.1) is 5.82 Å². The highest BCUT2D eigenvalue weighted by Gasteiger charge is 2.30. The molecule has 3 aromatic rings. The third-order valence-corrected chi connectivity index (χ3v) is 6.09. The third kappa shape index (κ3) is 3.57. The number of rotatable bonds is 7. The third-order valence-electron chi connectivity index (χ3n) is 5.10. The number of methoxy groups -OCH3 is 1. The van der Waals surface area contributed by atoms with E-state index in [0.29, 0.717) is 16.8 Å². The molecule has 1 saturated carbocycles. The van der Waals surface area contributed by atoms with Gasteiger partial charge < -0.3 is 19.5 Å². The standard InChI is InChI=1S/C22H20FNO5S/c1-29-21-18(12-2-6-14(7-3-12)30-9-8-25)17(23)10-15-19(21)24(13-4-5-13)11-16(20(15)26)22(27)28/h2-3,6-7,10-11,13,25H,4-5,8-9H2,1H3,(H,27,28). The number of aliphatic hydroxyl groups excluding tert-OH is 1. The van der Waals surface area contributed by atoms with Crippen LogP contribution in [0.4, 0.5) is 4.39 Å². The Morgan fingerprint density at radius 2 is 2.00 bits per heavy atom. The first kappa shape index (κ1) is 20.4. The fraction of sp³-hybridized carbons (Fsp3) is 0.273. The van der Waals surface area contributed by atoms with E-state index in [1.54, 1.807) is 16.7 Å². The van der Waals surface area contributed by atoms with Gasteiger partial charge in [-0.1, -0.05) is 12.1 Å². The predicted octanol–water partition coefficient (Wildman–Crippen LogP) is 3.93. The molecule has 0 atom stereocenters. The van der Waals surface area contributed by atoms with Crippen LogP contribution in [0.3, 0.4) is 0 Å². The summed E-state index contributed by atoms with van der Waals surface area (Å²) >= 11 is 1.49. The molecule has 156 valence electrons. The lowest BCUT2D eigenvalue weighted by atomic mass is 10.00. The smallest absolute Gasteiger partial charge is 0.341 e. The van der Waals surface area contributed by atoms with Gasteiger partial charge in [0.25, 0.3) is 0 Å². The molecule has 0 saturated heterocycles. The Bertz CT molecular complexity index is 1190. The quantitative estimate of drug-likeness (QED) is 0.553. The van der Waals surface area contributed by atoms with Gasteiger partial charge in [-0.05, 0) is 36.6 Å². The van der Waals surface area contributed by atoms with Crippen LogP contribution >= 0.6 is 11.8 Å². The Labute approximate surface area is 175 Å². The van der Waals surface area contributed by atoms with Crippen LogP contribution < -0.4 is 10.2 Å². The van der Waals surface area contributed by atoms with Crippen molar-refractivity contribution in [1.29, 1.82) is 0 Å². The normalized spacial score (nSPS) is 13.6. The molecular weight excluding hydrogens is 409 g/mol. The van der Waals surface area contributed by atoms with Crippen molar-refractivity contribution in [1.82, 2.24) is 4.57 Å². The van der Waals surface area contributed by atoms with Gasteiger partial charge in [0.05, 0.1) is 30.2 Å². The van der Waals surface area contributed by atoms with Crippen molar-refractivity contribution in [3.8, 4) is 16.9 Å². The van der Waals surface area contributed by atoms with Crippen LogP contribution in [0.25, 0.3) is 22.0 Å². The molecule has 30 heavy (non-hydrogen) atoms. The number of benzene rings is 2. The van der Waals surface area contributed by atoms with Crippen molar-refractivity contribution in [2.75, 3.05) is 19.5 Å². The molecule has 1 aromatic heterocycles. The molecule has 0 spiro atoms. The Kier molecular flexibility index (Phi) is 5.53. The van der Waals surface area contributed by atoms with Gasteiger partial charge >= 0.3 is 5.97 Å². The molecule has 1 fully saturated rings. The van der Waals surface area contributed by atoms with Gasteiger partial charge in [0, 0.05) is 22.9 Å². The molecule has 8 heteroatoms. The zero-order valence-corrected chi connectivity index (χ0v) is 17.0. The van der Waals surface area contributed by atoms with E-state index in [2.05, 4.69) is 0 Å². The van der Waals surface area contributed by atoms with E-state index in [0.717, 1.165) is 23.8 Å². The summed E-state index contributed by atoms with van der Waals surface area (Å²) in [4.78, 5) is 25.2.